The van der Waals surface area contributed by atoms with Crippen molar-refractivity contribution in [3.05, 3.63) is 12.2 Å². The molecule has 0 rings (SSSR count). The molecule has 0 N–H and O–H groups in total. The number of carbonyl (C=O) groups is 1. The van der Waals surface area contributed by atoms with Crippen LogP contribution < -0.4 is 0 Å². The Morgan fingerprint density at radius 3 is 1.31 bits per heavy atom. The van der Waals surface area contributed by atoms with E-state index in [0.29, 0.717) is 0 Å². The molecule has 0 saturated carbocycles. The first kappa shape index (κ1) is 30.2. The number of carbonyl (C=O) groups excluding carboxylic acids is 1. The molecule has 2 nitrogen and oxygen atoms in total. The van der Waals surface area contributed by atoms with Crippen LogP contribution in [0.1, 0.15) is 39.0 Å². The smallest absolute Gasteiger partial charge is 0.428 e. The standard InChI is InChI=1S/C16H16F14O2/c1-8(2)10(31)32-9(17)7-15(26,27)13(22,23)4-3-11(18,19)12(20,21)5-6-14(24,25)16(28,29)30/h9H,1,3-7H2,2H3. The summed E-state index contributed by atoms with van der Waals surface area (Å²) in [5.74, 6) is -29.9. The molecule has 1 unspecified atom stereocenters. The van der Waals surface area contributed by atoms with E-state index < -0.39 is 85.8 Å². The average Bonchev–Trinajstić information content (AvgIpc) is 2.56. The molecule has 16 heteroatoms. The quantitative estimate of drug-likeness (QED) is 0.161. The van der Waals surface area contributed by atoms with Crippen molar-refractivity contribution in [2.75, 3.05) is 0 Å². The summed E-state index contributed by atoms with van der Waals surface area (Å²) in [6.45, 7) is 3.87. The number of hydrogen-bond donors (Lipinski definition) is 0. The Morgan fingerprint density at radius 1 is 0.688 bits per heavy atom. The molecule has 0 fully saturated rings. The maximum Gasteiger partial charge on any atom is 0.453 e. The topological polar surface area (TPSA) is 26.3 Å². The molecule has 0 aromatic heterocycles. The van der Waals surface area contributed by atoms with Crippen molar-refractivity contribution in [3.63, 3.8) is 0 Å². The summed E-state index contributed by atoms with van der Waals surface area (Å²) in [5, 5.41) is 0. The monoisotopic (exact) mass is 506 g/mol. The molecule has 190 valence electrons. The number of alkyl halides is 14. The fourth-order valence-electron chi connectivity index (χ4n) is 1.93. The van der Waals surface area contributed by atoms with E-state index in [1.54, 1.807) is 0 Å². The molecule has 32 heavy (non-hydrogen) atoms. The van der Waals surface area contributed by atoms with Gasteiger partial charge in [-0.15, -0.1) is 0 Å². The summed E-state index contributed by atoms with van der Waals surface area (Å²) in [4.78, 5) is 10.9. The number of rotatable bonds is 12. The lowest BCUT2D eigenvalue weighted by Crippen LogP contribution is -2.47. The second-order valence-electron chi connectivity index (χ2n) is 6.82. The molecular formula is C16H16F14O2. The summed E-state index contributed by atoms with van der Waals surface area (Å²) in [6, 6.07) is 0. The predicted molar refractivity (Wildman–Crippen MR) is 79.7 cm³/mol. The third-order valence-electron chi connectivity index (χ3n) is 3.99. The van der Waals surface area contributed by atoms with Gasteiger partial charge in [0.15, 0.2) is 0 Å². The van der Waals surface area contributed by atoms with Crippen LogP contribution in [0.25, 0.3) is 0 Å². The molecule has 1 atom stereocenters. The maximum atomic E-state index is 13.6. The van der Waals surface area contributed by atoms with Crippen molar-refractivity contribution in [2.24, 2.45) is 0 Å². The van der Waals surface area contributed by atoms with Crippen molar-refractivity contribution in [1.29, 1.82) is 0 Å². The highest BCUT2D eigenvalue weighted by atomic mass is 19.4. The normalized spacial score (nSPS) is 15.5. The van der Waals surface area contributed by atoms with Crippen LogP contribution >= 0.6 is 0 Å². The van der Waals surface area contributed by atoms with Gasteiger partial charge in [-0.1, -0.05) is 6.58 Å². The number of ether oxygens (including phenoxy) is 1. The van der Waals surface area contributed by atoms with Gasteiger partial charge in [0.05, 0.1) is 6.42 Å². The summed E-state index contributed by atoms with van der Waals surface area (Å²) in [7, 11) is 0. The molecule has 0 aliphatic heterocycles. The first-order chi connectivity index (χ1) is 13.9. The van der Waals surface area contributed by atoms with Crippen LogP contribution in [0.15, 0.2) is 12.2 Å². The lowest BCUT2D eigenvalue weighted by atomic mass is 9.95. The SMILES string of the molecule is C=C(C)C(=O)OC(F)CC(F)(F)C(F)(F)CCC(F)(F)C(F)(F)CCC(F)(F)C(F)(F)F. The summed E-state index contributed by atoms with van der Waals surface area (Å²) in [6.07, 6.45) is -23.4. The van der Waals surface area contributed by atoms with Gasteiger partial charge in [0, 0.05) is 31.3 Å². The Bertz CT molecular complexity index is 668. The van der Waals surface area contributed by atoms with E-state index in [0.717, 1.165) is 6.92 Å². The highest BCUT2D eigenvalue weighted by Crippen LogP contribution is 2.49. The molecule has 0 radical (unpaired) electrons. The fourth-order valence-corrected chi connectivity index (χ4v) is 1.93. The second kappa shape index (κ2) is 9.61. The van der Waals surface area contributed by atoms with Crippen molar-refractivity contribution in [1.82, 2.24) is 0 Å². The van der Waals surface area contributed by atoms with Crippen molar-refractivity contribution in [2.45, 2.75) is 81.2 Å². The number of esters is 1. The molecule has 0 aromatic rings. The zero-order valence-electron chi connectivity index (χ0n) is 15.9. The van der Waals surface area contributed by atoms with E-state index in [2.05, 4.69) is 11.3 Å². The van der Waals surface area contributed by atoms with Crippen LogP contribution in [0.2, 0.25) is 0 Å². The maximum absolute atomic E-state index is 13.6. The molecule has 0 aliphatic rings. The predicted octanol–water partition coefficient (Wildman–Crippen LogP) is 7.09. The van der Waals surface area contributed by atoms with Gasteiger partial charge in [-0.25, -0.2) is 9.18 Å². The van der Waals surface area contributed by atoms with Gasteiger partial charge in [-0.05, 0) is 6.92 Å². The molecule has 0 saturated heterocycles. The van der Waals surface area contributed by atoms with E-state index in [1.165, 1.54) is 0 Å². The Hall–Kier alpha value is -1.77. The second-order valence-corrected chi connectivity index (χ2v) is 6.82. The molecule has 0 bridgehead atoms. The highest BCUT2D eigenvalue weighted by molar-refractivity contribution is 5.86. The van der Waals surface area contributed by atoms with Crippen LogP contribution in [0.3, 0.4) is 0 Å². The Morgan fingerprint density at radius 2 is 1.00 bits per heavy atom. The van der Waals surface area contributed by atoms with Crippen LogP contribution in [0, 0.1) is 0 Å². The van der Waals surface area contributed by atoms with Crippen LogP contribution in [-0.2, 0) is 9.53 Å². The van der Waals surface area contributed by atoms with Crippen molar-refractivity contribution >= 4 is 5.97 Å². The van der Waals surface area contributed by atoms with Gasteiger partial charge in [-0.2, -0.15) is 57.1 Å². The third-order valence-corrected chi connectivity index (χ3v) is 3.99. The molecule has 0 heterocycles. The Balaban J connectivity index is 5.21. The average molecular weight is 506 g/mol. The zero-order chi connectivity index (χ0) is 26.0. The molecular weight excluding hydrogens is 490 g/mol. The third kappa shape index (κ3) is 7.67. The summed E-state index contributed by atoms with van der Waals surface area (Å²) in [5.41, 5.74) is -0.513. The van der Waals surface area contributed by atoms with Gasteiger partial charge >= 0.3 is 41.8 Å². The molecule has 0 aliphatic carbocycles. The largest absolute Gasteiger partial charge is 0.453 e. The van der Waals surface area contributed by atoms with E-state index in [-0.39, 0.29) is 0 Å². The summed E-state index contributed by atoms with van der Waals surface area (Å²) < 4.78 is 186. The lowest BCUT2D eigenvalue weighted by Gasteiger charge is -2.32. The molecule has 0 amide bonds. The van der Waals surface area contributed by atoms with Gasteiger partial charge < -0.3 is 4.74 Å². The van der Waals surface area contributed by atoms with Gasteiger partial charge in [0.25, 0.3) is 0 Å². The van der Waals surface area contributed by atoms with Crippen molar-refractivity contribution < 1.29 is 71.0 Å². The van der Waals surface area contributed by atoms with Crippen molar-refractivity contribution in [3.8, 4) is 0 Å². The van der Waals surface area contributed by atoms with Crippen LogP contribution in [0.4, 0.5) is 61.5 Å². The zero-order valence-corrected chi connectivity index (χ0v) is 15.9. The first-order valence-corrected chi connectivity index (χ1v) is 8.35. The number of hydrogen-bond acceptors (Lipinski definition) is 2. The summed E-state index contributed by atoms with van der Waals surface area (Å²) >= 11 is 0. The van der Waals surface area contributed by atoms with Crippen LogP contribution in [0.5, 0.6) is 0 Å². The van der Waals surface area contributed by atoms with Gasteiger partial charge in [0.2, 0.25) is 6.36 Å². The lowest BCUT2D eigenvalue weighted by molar-refractivity contribution is -0.295. The Labute approximate surface area is 171 Å². The minimum absolute atomic E-state index is 0.513. The van der Waals surface area contributed by atoms with Gasteiger partial charge in [-0.3, -0.25) is 0 Å². The van der Waals surface area contributed by atoms with E-state index >= 15 is 0 Å². The Kier molecular flexibility index (Phi) is 9.08. The van der Waals surface area contributed by atoms with E-state index in [4.69, 9.17) is 0 Å². The molecule has 0 spiro atoms. The number of halogens is 14. The highest BCUT2D eigenvalue weighted by Gasteiger charge is 2.64. The van der Waals surface area contributed by atoms with E-state index in [9.17, 15) is 66.3 Å². The van der Waals surface area contributed by atoms with E-state index in [1.807, 2.05) is 0 Å². The fraction of sp³-hybridized carbons (Fsp3) is 0.812. The molecule has 0 aromatic carbocycles. The minimum atomic E-state index is -6.36. The van der Waals surface area contributed by atoms with Gasteiger partial charge in [0.1, 0.15) is 0 Å². The van der Waals surface area contributed by atoms with Crippen LogP contribution in [-0.4, -0.2) is 48.1 Å². The first-order valence-electron chi connectivity index (χ1n) is 8.35. The minimum Gasteiger partial charge on any atom is -0.428 e.